The van der Waals surface area contributed by atoms with Crippen LogP contribution in [0.1, 0.15) is 32.6 Å². The van der Waals surface area contributed by atoms with E-state index >= 15 is 0 Å². The van der Waals surface area contributed by atoms with E-state index in [0.29, 0.717) is 6.04 Å². The lowest BCUT2D eigenvalue weighted by Gasteiger charge is -2.45. The molecule has 16 heavy (non-hydrogen) atoms. The van der Waals surface area contributed by atoms with E-state index in [1.54, 1.807) is 0 Å². The highest BCUT2D eigenvalue weighted by Crippen LogP contribution is 2.28. The highest BCUT2D eigenvalue weighted by molar-refractivity contribution is 4.88. The lowest BCUT2D eigenvalue weighted by atomic mass is 9.85. The van der Waals surface area contributed by atoms with Crippen LogP contribution in [0.2, 0.25) is 0 Å². The Balaban J connectivity index is 1.91. The maximum Gasteiger partial charge on any atom is 0.0349 e. The van der Waals surface area contributed by atoms with Crippen LogP contribution >= 0.6 is 0 Å². The Labute approximate surface area is 100.0 Å². The lowest BCUT2D eigenvalue weighted by Crippen LogP contribution is -2.58. The first-order valence-electron chi connectivity index (χ1n) is 6.85. The molecule has 94 valence electrons. The average Bonchev–Trinajstić information content (AvgIpc) is 2.30. The summed E-state index contributed by atoms with van der Waals surface area (Å²) in [6.07, 6.45) is 5.60. The van der Waals surface area contributed by atoms with Crippen LogP contribution in [0.15, 0.2) is 0 Å². The molecule has 1 atom stereocenters. The molecule has 0 spiro atoms. The summed E-state index contributed by atoms with van der Waals surface area (Å²) in [5.41, 5.74) is 5.92. The molecular weight excluding hydrogens is 198 g/mol. The highest BCUT2D eigenvalue weighted by Gasteiger charge is 2.31. The molecule has 3 nitrogen and oxygen atoms in total. The molecular formula is C13H27N3. The molecule has 1 unspecified atom stereocenters. The second kappa shape index (κ2) is 5.48. The fourth-order valence-electron chi connectivity index (χ4n) is 3.29. The predicted molar refractivity (Wildman–Crippen MR) is 68.5 cm³/mol. The summed E-state index contributed by atoms with van der Waals surface area (Å²) in [4.78, 5) is 5.12. The van der Waals surface area contributed by atoms with Crippen molar-refractivity contribution < 1.29 is 0 Å². The minimum Gasteiger partial charge on any atom is -0.329 e. The number of hydrogen-bond acceptors (Lipinski definition) is 3. The van der Waals surface area contributed by atoms with E-state index in [2.05, 4.69) is 23.8 Å². The Morgan fingerprint density at radius 1 is 1.12 bits per heavy atom. The van der Waals surface area contributed by atoms with Crippen LogP contribution in [0.25, 0.3) is 0 Å². The van der Waals surface area contributed by atoms with Gasteiger partial charge in [0.2, 0.25) is 0 Å². The lowest BCUT2D eigenvalue weighted by molar-refractivity contribution is 0.0356. The molecule has 0 aromatic heterocycles. The Kier molecular flexibility index (Phi) is 4.22. The van der Waals surface area contributed by atoms with Gasteiger partial charge in [0.15, 0.2) is 0 Å². The summed E-state index contributed by atoms with van der Waals surface area (Å²) in [6, 6.07) is 1.41. The van der Waals surface area contributed by atoms with E-state index in [1.165, 1.54) is 38.8 Å². The molecule has 0 radical (unpaired) electrons. The van der Waals surface area contributed by atoms with Crippen LogP contribution in [0, 0.1) is 5.92 Å². The Bertz CT molecular complexity index is 211. The molecule has 1 saturated carbocycles. The SMILES string of the molecule is CC1CCC(N2CCN(C)CC2CN)CC1. The standard InChI is InChI=1S/C13H27N3/c1-11-3-5-12(6-4-11)16-8-7-15(2)10-13(16)9-14/h11-13H,3-10,14H2,1-2H3. The number of nitrogens with two attached hydrogens (primary N) is 1. The Morgan fingerprint density at radius 2 is 1.81 bits per heavy atom. The fraction of sp³-hybridized carbons (Fsp3) is 1.00. The van der Waals surface area contributed by atoms with Gasteiger partial charge < -0.3 is 10.6 Å². The highest BCUT2D eigenvalue weighted by atomic mass is 15.3. The Hall–Kier alpha value is -0.120. The first kappa shape index (κ1) is 12.3. The number of nitrogens with zero attached hydrogens (tertiary/aromatic N) is 2. The molecule has 0 amide bonds. The molecule has 1 aliphatic carbocycles. The van der Waals surface area contributed by atoms with Crippen molar-refractivity contribution in [3.8, 4) is 0 Å². The van der Waals surface area contributed by atoms with Gasteiger partial charge in [-0.3, -0.25) is 4.90 Å². The van der Waals surface area contributed by atoms with Crippen molar-refractivity contribution in [3.63, 3.8) is 0 Å². The van der Waals surface area contributed by atoms with E-state index < -0.39 is 0 Å². The van der Waals surface area contributed by atoms with Gasteiger partial charge in [-0.2, -0.15) is 0 Å². The summed E-state index contributed by atoms with van der Waals surface area (Å²) < 4.78 is 0. The van der Waals surface area contributed by atoms with Gasteiger partial charge in [0.25, 0.3) is 0 Å². The van der Waals surface area contributed by atoms with Gasteiger partial charge in [-0.1, -0.05) is 6.92 Å². The number of likely N-dealkylation sites (N-methyl/N-ethyl adjacent to an activating group) is 1. The summed E-state index contributed by atoms with van der Waals surface area (Å²) in [6.45, 7) is 6.79. The second-order valence-corrected chi connectivity index (χ2v) is 5.80. The summed E-state index contributed by atoms with van der Waals surface area (Å²) in [5.74, 6) is 0.944. The van der Waals surface area contributed by atoms with Gasteiger partial charge in [-0.05, 0) is 38.6 Å². The number of rotatable bonds is 2. The topological polar surface area (TPSA) is 32.5 Å². The molecule has 1 aliphatic heterocycles. The third-order valence-corrected chi connectivity index (χ3v) is 4.46. The van der Waals surface area contributed by atoms with Crippen LogP contribution in [0.5, 0.6) is 0 Å². The van der Waals surface area contributed by atoms with Crippen molar-refractivity contribution in [2.45, 2.75) is 44.7 Å². The minimum absolute atomic E-state index is 0.595. The average molecular weight is 225 g/mol. The zero-order valence-corrected chi connectivity index (χ0v) is 10.9. The minimum atomic E-state index is 0.595. The van der Waals surface area contributed by atoms with E-state index in [9.17, 15) is 0 Å². The van der Waals surface area contributed by atoms with Crippen LogP contribution in [0.3, 0.4) is 0 Å². The fourth-order valence-corrected chi connectivity index (χ4v) is 3.29. The van der Waals surface area contributed by atoms with Crippen molar-refractivity contribution in [1.29, 1.82) is 0 Å². The second-order valence-electron chi connectivity index (χ2n) is 5.80. The maximum absolute atomic E-state index is 5.92. The normalized spacial score (nSPS) is 38.8. The summed E-state index contributed by atoms with van der Waals surface area (Å²) in [7, 11) is 2.21. The number of piperazine rings is 1. The van der Waals surface area contributed by atoms with E-state index in [1.807, 2.05) is 0 Å². The summed E-state index contributed by atoms with van der Waals surface area (Å²) in [5, 5.41) is 0. The van der Waals surface area contributed by atoms with Gasteiger partial charge in [0, 0.05) is 38.3 Å². The van der Waals surface area contributed by atoms with Crippen LogP contribution in [-0.4, -0.2) is 55.1 Å². The first-order valence-corrected chi connectivity index (χ1v) is 6.85. The zero-order valence-electron chi connectivity index (χ0n) is 10.9. The monoisotopic (exact) mass is 225 g/mol. The third kappa shape index (κ3) is 2.76. The molecule has 0 aromatic rings. The maximum atomic E-state index is 5.92. The van der Waals surface area contributed by atoms with Gasteiger partial charge in [0.1, 0.15) is 0 Å². The van der Waals surface area contributed by atoms with Gasteiger partial charge in [-0.25, -0.2) is 0 Å². The molecule has 2 rings (SSSR count). The Morgan fingerprint density at radius 3 is 2.44 bits per heavy atom. The van der Waals surface area contributed by atoms with Gasteiger partial charge in [-0.15, -0.1) is 0 Å². The third-order valence-electron chi connectivity index (χ3n) is 4.46. The van der Waals surface area contributed by atoms with Crippen LogP contribution < -0.4 is 5.73 Å². The van der Waals surface area contributed by atoms with Crippen molar-refractivity contribution in [2.75, 3.05) is 33.2 Å². The van der Waals surface area contributed by atoms with Crippen LogP contribution in [0.4, 0.5) is 0 Å². The quantitative estimate of drug-likeness (QED) is 0.765. The molecule has 2 aliphatic rings. The molecule has 3 heteroatoms. The smallest absolute Gasteiger partial charge is 0.0349 e. The van der Waals surface area contributed by atoms with Crippen molar-refractivity contribution in [3.05, 3.63) is 0 Å². The molecule has 1 saturated heterocycles. The molecule has 0 aromatic carbocycles. The molecule has 2 N–H and O–H groups in total. The number of hydrogen-bond donors (Lipinski definition) is 1. The van der Waals surface area contributed by atoms with Crippen LogP contribution in [-0.2, 0) is 0 Å². The predicted octanol–water partition coefficient (Wildman–Crippen LogP) is 1.14. The largest absolute Gasteiger partial charge is 0.329 e. The molecule has 1 heterocycles. The zero-order chi connectivity index (χ0) is 11.5. The van der Waals surface area contributed by atoms with Gasteiger partial charge in [0.05, 0.1) is 0 Å². The van der Waals surface area contributed by atoms with E-state index in [4.69, 9.17) is 5.73 Å². The summed E-state index contributed by atoms with van der Waals surface area (Å²) >= 11 is 0. The van der Waals surface area contributed by atoms with E-state index in [-0.39, 0.29) is 0 Å². The first-order chi connectivity index (χ1) is 7.70. The van der Waals surface area contributed by atoms with E-state index in [0.717, 1.165) is 25.0 Å². The van der Waals surface area contributed by atoms with Crippen molar-refractivity contribution in [2.24, 2.45) is 11.7 Å². The van der Waals surface area contributed by atoms with Gasteiger partial charge >= 0.3 is 0 Å². The molecule has 0 bridgehead atoms. The van der Waals surface area contributed by atoms with Crippen molar-refractivity contribution >= 4 is 0 Å². The van der Waals surface area contributed by atoms with Crippen molar-refractivity contribution in [1.82, 2.24) is 9.80 Å². The molecule has 2 fully saturated rings.